The minimum Gasteiger partial charge on any atom is -0.321 e. The van der Waals surface area contributed by atoms with Crippen molar-refractivity contribution in [2.45, 2.75) is 44.6 Å². The third-order valence-corrected chi connectivity index (χ3v) is 4.13. The first-order chi connectivity index (χ1) is 7.03. The summed E-state index contributed by atoms with van der Waals surface area (Å²) in [5, 5.41) is 0. The normalized spacial score (nSPS) is 19.0. The SMILES string of the molecule is CC(C)c1ccc(C2(N)CCC2)cc1Br. The molecule has 0 amide bonds. The van der Waals surface area contributed by atoms with Crippen molar-refractivity contribution in [2.24, 2.45) is 5.73 Å². The molecule has 1 saturated carbocycles. The molecule has 1 fully saturated rings. The van der Waals surface area contributed by atoms with Gasteiger partial charge in [-0.05, 0) is 42.4 Å². The van der Waals surface area contributed by atoms with Gasteiger partial charge in [-0.3, -0.25) is 0 Å². The van der Waals surface area contributed by atoms with Crippen LogP contribution in [0.1, 0.15) is 50.2 Å². The van der Waals surface area contributed by atoms with Crippen molar-refractivity contribution in [3.8, 4) is 0 Å². The Balaban J connectivity index is 2.33. The minimum absolute atomic E-state index is 0.0436. The maximum Gasteiger partial charge on any atom is 0.0410 e. The molecule has 2 heteroatoms. The van der Waals surface area contributed by atoms with Gasteiger partial charge in [-0.2, -0.15) is 0 Å². The van der Waals surface area contributed by atoms with Crippen LogP contribution in [0.25, 0.3) is 0 Å². The molecule has 0 radical (unpaired) electrons. The van der Waals surface area contributed by atoms with E-state index in [1.54, 1.807) is 0 Å². The first-order valence-electron chi connectivity index (χ1n) is 5.62. The second-order valence-electron chi connectivity index (χ2n) is 4.90. The van der Waals surface area contributed by atoms with Crippen molar-refractivity contribution in [3.63, 3.8) is 0 Å². The summed E-state index contributed by atoms with van der Waals surface area (Å²) in [6.45, 7) is 4.42. The fourth-order valence-electron chi connectivity index (χ4n) is 2.15. The van der Waals surface area contributed by atoms with Crippen LogP contribution in [0, 0.1) is 0 Å². The summed E-state index contributed by atoms with van der Waals surface area (Å²) in [4.78, 5) is 0. The van der Waals surface area contributed by atoms with Crippen LogP contribution in [0.2, 0.25) is 0 Å². The Labute approximate surface area is 100 Å². The highest BCUT2D eigenvalue weighted by Gasteiger charge is 2.34. The van der Waals surface area contributed by atoms with Crippen molar-refractivity contribution in [3.05, 3.63) is 33.8 Å². The van der Waals surface area contributed by atoms with Gasteiger partial charge in [0.25, 0.3) is 0 Å². The molecule has 1 aromatic carbocycles. The van der Waals surface area contributed by atoms with Crippen LogP contribution < -0.4 is 5.73 Å². The van der Waals surface area contributed by atoms with Crippen LogP contribution in [-0.4, -0.2) is 0 Å². The second kappa shape index (κ2) is 3.91. The summed E-state index contributed by atoms with van der Waals surface area (Å²) in [7, 11) is 0. The molecule has 1 aromatic rings. The Morgan fingerprint density at radius 3 is 2.40 bits per heavy atom. The smallest absolute Gasteiger partial charge is 0.0410 e. The standard InChI is InChI=1S/C13H18BrN/c1-9(2)11-5-4-10(8-12(11)14)13(15)6-3-7-13/h4-5,8-9H,3,6-7,15H2,1-2H3. The van der Waals surface area contributed by atoms with E-state index >= 15 is 0 Å². The molecule has 0 aliphatic heterocycles. The highest BCUT2D eigenvalue weighted by molar-refractivity contribution is 9.10. The molecule has 82 valence electrons. The monoisotopic (exact) mass is 267 g/mol. The van der Waals surface area contributed by atoms with Crippen molar-refractivity contribution in [1.82, 2.24) is 0 Å². The van der Waals surface area contributed by atoms with Crippen LogP contribution in [0.15, 0.2) is 22.7 Å². The summed E-state index contributed by atoms with van der Waals surface area (Å²) < 4.78 is 1.20. The Bertz CT molecular complexity index is 367. The summed E-state index contributed by atoms with van der Waals surface area (Å²) in [6.07, 6.45) is 3.51. The van der Waals surface area contributed by atoms with E-state index in [1.807, 2.05) is 0 Å². The molecule has 0 heterocycles. The number of hydrogen-bond donors (Lipinski definition) is 1. The zero-order valence-corrected chi connectivity index (χ0v) is 11.0. The first-order valence-corrected chi connectivity index (χ1v) is 6.41. The maximum absolute atomic E-state index is 6.30. The van der Waals surface area contributed by atoms with Crippen LogP contribution in [-0.2, 0) is 5.54 Å². The average molecular weight is 268 g/mol. The van der Waals surface area contributed by atoms with E-state index in [9.17, 15) is 0 Å². The van der Waals surface area contributed by atoms with Crippen molar-refractivity contribution >= 4 is 15.9 Å². The zero-order valence-electron chi connectivity index (χ0n) is 9.39. The number of hydrogen-bond acceptors (Lipinski definition) is 1. The molecular formula is C13H18BrN. The van der Waals surface area contributed by atoms with E-state index < -0.39 is 0 Å². The minimum atomic E-state index is -0.0436. The molecular weight excluding hydrogens is 250 g/mol. The first kappa shape index (κ1) is 11.2. The van der Waals surface area contributed by atoms with E-state index in [0.29, 0.717) is 5.92 Å². The summed E-state index contributed by atoms with van der Waals surface area (Å²) in [5.41, 5.74) is 8.90. The lowest BCUT2D eigenvalue weighted by atomic mass is 9.72. The van der Waals surface area contributed by atoms with Crippen LogP contribution in [0.3, 0.4) is 0 Å². The Hall–Kier alpha value is -0.340. The lowest BCUT2D eigenvalue weighted by Gasteiger charge is -2.39. The van der Waals surface area contributed by atoms with Gasteiger partial charge in [0.2, 0.25) is 0 Å². The topological polar surface area (TPSA) is 26.0 Å². The van der Waals surface area contributed by atoms with E-state index in [-0.39, 0.29) is 5.54 Å². The van der Waals surface area contributed by atoms with Gasteiger partial charge < -0.3 is 5.73 Å². The third kappa shape index (κ3) is 1.98. The van der Waals surface area contributed by atoms with Gasteiger partial charge in [-0.15, -0.1) is 0 Å². The highest BCUT2D eigenvalue weighted by atomic mass is 79.9. The molecule has 0 aromatic heterocycles. The van der Waals surface area contributed by atoms with Crippen LogP contribution in [0.4, 0.5) is 0 Å². The molecule has 0 saturated heterocycles. The van der Waals surface area contributed by atoms with Gasteiger partial charge in [-0.1, -0.05) is 41.9 Å². The number of nitrogens with two attached hydrogens (primary N) is 1. The largest absolute Gasteiger partial charge is 0.321 e. The molecule has 0 unspecified atom stereocenters. The fraction of sp³-hybridized carbons (Fsp3) is 0.538. The lowest BCUT2D eigenvalue weighted by Crippen LogP contribution is -2.43. The maximum atomic E-state index is 6.30. The number of benzene rings is 1. The molecule has 2 rings (SSSR count). The van der Waals surface area contributed by atoms with E-state index in [1.165, 1.54) is 22.0 Å². The van der Waals surface area contributed by atoms with E-state index in [4.69, 9.17) is 5.73 Å². The molecule has 0 bridgehead atoms. The highest BCUT2D eigenvalue weighted by Crippen LogP contribution is 2.40. The van der Waals surface area contributed by atoms with Crippen molar-refractivity contribution in [2.75, 3.05) is 0 Å². The predicted molar refractivity (Wildman–Crippen MR) is 67.9 cm³/mol. The average Bonchev–Trinajstić information content (AvgIpc) is 2.13. The van der Waals surface area contributed by atoms with Gasteiger partial charge in [0, 0.05) is 10.0 Å². The zero-order chi connectivity index (χ0) is 11.1. The van der Waals surface area contributed by atoms with Crippen LogP contribution >= 0.6 is 15.9 Å². The van der Waals surface area contributed by atoms with Gasteiger partial charge in [0.05, 0.1) is 0 Å². The third-order valence-electron chi connectivity index (χ3n) is 3.44. The van der Waals surface area contributed by atoms with Gasteiger partial charge in [0.15, 0.2) is 0 Å². The molecule has 0 atom stereocenters. The van der Waals surface area contributed by atoms with Gasteiger partial charge in [-0.25, -0.2) is 0 Å². The summed E-state index contributed by atoms with van der Waals surface area (Å²) in [5.74, 6) is 0.559. The Morgan fingerprint density at radius 1 is 1.33 bits per heavy atom. The summed E-state index contributed by atoms with van der Waals surface area (Å²) >= 11 is 3.64. The molecule has 1 nitrogen and oxygen atoms in total. The molecule has 15 heavy (non-hydrogen) atoms. The second-order valence-corrected chi connectivity index (χ2v) is 5.76. The van der Waals surface area contributed by atoms with Crippen LogP contribution in [0.5, 0.6) is 0 Å². The molecule has 0 spiro atoms. The predicted octanol–water partition coefficient (Wildman–Crippen LogP) is 3.91. The van der Waals surface area contributed by atoms with E-state index in [2.05, 4.69) is 48.0 Å². The molecule has 1 aliphatic carbocycles. The number of rotatable bonds is 2. The Kier molecular flexibility index (Phi) is 2.91. The van der Waals surface area contributed by atoms with Gasteiger partial charge >= 0.3 is 0 Å². The van der Waals surface area contributed by atoms with Crippen molar-refractivity contribution < 1.29 is 0 Å². The Morgan fingerprint density at radius 2 is 2.00 bits per heavy atom. The van der Waals surface area contributed by atoms with Gasteiger partial charge in [0.1, 0.15) is 0 Å². The number of halogens is 1. The van der Waals surface area contributed by atoms with Crippen molar-refractivity contribution in [1.29, 1.82) is 0 Å². The molecule has 1 aliphatic rings. The van der Waals surface area contributed by atoms with E-state index in [0.717, 1.165) is 12.8 Å². The summed E-state index contributed by atoms with van der Waals surface area (Å²) in [6, 6.07) is 6.60. The quantitative estimate of drug-likeness (QED) is 0.864. The molecule has 2 N–H and O–H groups in total. The lowest BCUT2D eigenvalue weighted by molar-refractivity contribution is 0.253. The fourth-order valence-corrected chi connectivity index (χ4v) is 2.99.